The zero-order valence-electron chi connectivity index (χ0n) is 17.7. The molecule has 32 heavy (non-hydrogen) atoms. The molecule has 0 saturated carbocycles. The van der Waals surface area contributed by atoms with Crippen LogP contribution in [0.1, 0.15) is 21.7 Å². The third-order valence-electron chi connectivity index (χ3n) is 4.87. The number of nitrogens with one attached hydrogen (secondary N) is 1. The van der Waals surface area contributed by atoms with Crippen molar-refractivity contribution in [2.45, 2.75) is 13.8 Å². The summed E-state index contributed by atoms with van der Waals surface area (Å²) in [5.74, 6) is 0.530. The van der Waals surface area contributed by atoms with Gasteiger partial charge in [0.25, 0.3) is 5.91 Å². The minimum Gasteiger partial charge on any atom is -0.494 e. The van der Waals surface area contributed by atoms with Crippen LogP contribution >= 0.6 is 0 Å². The number of methoxy groups -OCH3 is 1. The van der Waals surface area contributed by atoms with Gasteiger partial charge in [0, 0.05) is 23.0 Å². The molecule has 162 valence electrons. The average molecular weight is 433 g/mol. The van der Waals surface area contributed by atoms with Crippen LogP contribution in [0.2, 0.25) is 0 Å². The second kappa shape index (κ2) is 8.84. The number of nitrogens with zero attached hydrogens (tertiary/aromatic N) is 4. The van der Waals surface area contributed by atoms with Gasteiger partial charge in [-0.2, -0.15) is 0 Å². The number of aromatic nitrogens is 4. The SMILES string of the molecule is COc1ccc(C(=O)Nc2ccc(Oc3ccc(-n4cnc(C)c4C)nn3)cc2)cc1F. The molecule has 2 heterocycles. The maximum Gasteiger partial charge on any atom is 0.255 e. The Morgan fingerprint density at radius 2 is 1.81 bits per heavy atom. The number of hydrogen-bond donors (Lipinski definition) is 1. The number of halogens is 1. The molecular weight excluding hydrogens is 413 g/mol. The average Bonchev–Trinajstić information content (AvgIpc) is 3.14. The molecule has 2 aromatic carbocycles. The highest BCUT2D eigenvalue weighted by atomic mass is 19.1. The van der Waals surface area contributed by atoms with E-state index in [2.05, 4.69) is 20.5 Å². The van der Waals surface area contributed by atoms with E-state index in [4.69, 9.17) is 9.47 Å². The second-order valence-electron chi connectivity index (χ2n) is 6.95. The number of hydrogen-bond acceptors (Lipinski definition) is 6. The van der Waals surface area contributed by atoms with Gasteiger partial charge in [0.05, 0.1) is 12.8 Å². The fourth-order valence-electron chi connectivity index (χ4n) is 2.96. The van der Waals surface area contributed by atoms with E-state index >= 15 is 0 Å². The van der Waals surface area contributed by atoms with Crippen LogP contribution < -0.4 is 14.8 Å². The van der Waals surface area contributed by atoms with Crippen molar-refractivity contribution in [2.24, 2.45) is 0 Å². The number of benzene rings is 2. The maximum atomic E-state index is 13.8. The zero-order chi connectivity index (χ0) is 22.7. The van der Waals surface area contributed by atoms with Crippen LogP contribution in [0.5, 0.6) is 17.4 Å². The van der Waals surface area contributed by atoms with Gasteiger partial charge in [0.1, 0.15) is 12.1 Å². The fourth-order valence-corrected chi connectivity index (χ4v) is 2.96. The Kier molecular flexibility index (Phi) is 5.80. The van der Waals surface area contributed by atoms with Crippen molar-refractivity contribution in [1.82, 2.24) is 19.7 Å². The molecule has 1 amide bonds. The standard InChI is InChI=1S/C23H20FN5O3/c1-14-15(2)29(13-25-14)21-10-11-22(28-27-21)32-18-7-5-17(6-8-18)26-23(30)16-4-9-20(31-3)19(24)12-16/h4-13H,1-3H3,(H,26,30). The van der Waals surface area contributed by atoms with Gasteiger partial charge >= 0.3 is 0 Å². The maximum absolute atomic E-state index is 13.8. The van der Waals surface area contributed by atoms with E-state index in [0.717, 1.165) is 17.5 Å². The van der Waals surface area contributed by atoms with E-state index in [1.807, 2.05) is 18.4 Å². The Labute approximate surface area is 183 Å². The molecule has 0 bridgehead atoms. The highest BCUT2D eigenvalue weighted by molar-refractivity contribution is 6.04. The van der Waals surface area contributed by atoms with Crippen LogP contribution in [-0.2, 0) is 0 Å². The third-order valence-corrected chi connectivity index (χ3v) is 4.87. The number of anilines is 1. The summed E-state index contributed by atoms with van der Waals surface area (Å²) in [5, 5.41) is 11.0. The summed E-state index contributed by atoms with van der Waals surface area (Å²) in [6.45, 7) is 3.89. The van der Waals surface area contributed by atoms with Gasteiger partial charge in [0.2, 0.25) is 5.88 Å². The molecule has 0 fully saturated rings. The number of rotatable bonds is 6. The number of amides is 1. The van der Waals surface area contributed by atoms with E-state index in [9.17, 15) is 9.18 Å². The predicted molar refractivity (Wildman–Crippen MR) is 116 cm³/mol. The van der Waals surface area contributed by atoms with E-state index in [1.165, 1.54) is 19.2 Å². The van der Waals surface area contributed by atoms with Crippen molar-refractivity contribution < 1.29 is 18.7 Å². The Balaban J connectivity index is 1.40. The quantitative estimate of drug-likeness (QED) is 0.482. The van der Waals surface area contributed by atoms with Gasteiger partial charge in [0.15, 0.2) is 17.4 Å². The van der Waals surface area contributed by atoms with Crippen molar-refractivity contribution in [3.05, 3.63) is 83.7 Å². The summed E-state index contributed by atoms with van der Waals surface area (Å²) in [6, 6.07) is 14.2. The minimum absolute atomic E-state index is 0.0782. The Morgan fingerprint density at radius 3 is 2.41 bits per heavy atom. The Bertz CT molecular complexity index is 1250. The summed E-state index contributed by atoms with van der Waals surface area (Å²) in [7, 11) is 1.36. The highest BCUT2D eigenvalue weighted by Crippen LogP contribution is 2.23. The van der Waals surface area contributed by atoms with Crippen LogP contribution in [0.4, 0.5) is 10.1 Å². The first-order valence-electron chi connectivity index (χ1n) is 9.72. The minimum atomic E-state index is -0.602. The monoisotopic (exact) mass is 433 g/mol. The second-order valence-corrected chi connectivity index (χ2v) is 6.95. The largest absolute Gasteiger partial charge is 0.494 e. The predicted octanol–water partition coefficient (Wildman–Crippen LogP) is 4.47. The van der Waals surface area contributed by atoms with Crippen molar-refractivity contribution >= 4 is 11.6 Å². The first kappa shape index (κ1) is 21.0. The van der Waals surface area contributed by atoms with E-state index < -0.39 is 11.7 Å². The van der Waals surface area contributed by atoms with Crippen LogP contribution in [0.15, 0.2) is 60.9 Å². The summed E-state index contributed by atoms with van der Waals surface area (Å²) in [6.07, 6.45) is 1.70. The summed E-state index contributed by atoms with van der Waals surface area (Å²) in [4.78, 5) is 16.6. The molecular formula is C23H20FN5O3. The molecule has 0 aliphatic heterocycles. The molecule has 1 N–H and O–H groups in total. The van der Waals surface area contributed by atoms with Gasteiger partial charge < -0.3 is 14.8 Å². The van der Waals surface area contributed by atoms with Gasteiger partial charge in [-0.1, -0.05) is 0 Å². The van der Waals surface area contributed by atoms with Gasteiger partial charge in [-0.15, -0.1) is 10.2 Å². The number of ether oxygens (including phenoxy) is 2. The zero-order valence-corrected chi connectivity index (χ0v) is 17.7. The summed E-state index contributed by atoms with van der Waals surface area (Å²) < 4.78 is 26.2. The fraction of sp³-hybridized carbons (Fsp3) is 0.130. The van der Waals surface area contributed by atoms with Gasteiger partial charge in [-0.3, -0.25) is 9.36 Å². The Morgan fingerprint density at radius 1 is 1.03 bits per heavy atom. The third kappa shape index (κ3) is 4.41. The van der Waals surface area contributed by atoms with Crippen molar-refractivity contribution in [1.29, 1.82) is 0 Å². The molecule has 0 unspecified atom stereocenters. The lowest BCUT2D eigenvalue weighted by molar-refractivity contribution is 0.102. The highest BCUT2D eigenvalue weighted by Gasteiger charge is 2.11. The number of carbonyl (C=O) groups is 1. The van der Waals surface area contributed by atoms with E-state index in [-0.39, 0.29) is 11.3 Å². The number of aryl methyl sites for hydroxylation is 1. The van der Waals surface area contributed by atoms with Crippen LogP contribution in [0, 0.1) is 19.7 Å². The molecule has 0 atom stereocenters. The van der Waals surface area contributed by atoms with Crippen LogP contribution in [-0.4, -0.2) is 32.8 Å². The molecule has 0 saturated heterocycles. The van der Waals surface area contributed by atoms with Crippen molar-refractivity contribution in [3.8, 4) is 23.2 Å². The van der Waals surface area contributed by atoms with E-state index in [1.54, 1.807) is 42.7 Å². The van der Waals surface area contributed by atoms with Crippen molar-refractivity contribution in [2.75, 3.05) is 12.4 Å². The van der Waals surface area contributed by atoms with Gasteiger partial charge in [-0.05, 0) is 62.4 Å². The van der Waals surface area contributed by atoms with Crippen LogP contribution in [0.3, 0.4) is 0 Å². The van der Waals surface area contributed by atoms with Gasteiger partial charge in [-0.25, -0.2) is 9.37 Å². The van der Waals surface area contributed by atoms with Crippen LogP contribution in [0.25, 0.3) is 5.82 Å². The van der Waals surface area contributed by atoms with Crippen molar-refractivity contribution in [3.63, 3.8) is 0 Å². The molecule has 4 rings (SSSR count). The first-order chi connectivity index (χ1) is 15.4. The first-order valence-corrected chi connectivity index (χ1v) is 9.72. The smallest absolute Gasteiger partial charge is 0.255 e. The molecule has 0 radical (unpaired) electrons. The molecule has 0 aliphatic rings. The molecule has 0 aliphatic carbocycles. The lowest BCUT2D eigenvalue weighted by atomic mass is 10.2. The molecule has 4 aromatic rings. The molecule has 2 aromatic heterocycles. The molecule has 0 spiro atoms. The lowest BCUT2D eigenvalue weighted by Crippen LogP contribution is -2.12. The number of imidazole rings is 1. The lowest BCUT2D eigenvalue weighted by Gasteiger charge is -2.09. The van der Waals surface area contributed by atoms with E-state index in [0.29, 0.717) is 23.1 Å². The Hall–Kier alpha value is -4.27. The number of carbonyl (C=O) groups excluding carboxylic acids is 1. The molecule has 9 heteroatoms. The summed E-state index contributed by atoms with van der Waals surface area (Å²) in [5.41, 5.74) is 2.63. The molecule has 8 nitrogen and oxygen atoms in total. The summed E-state index contributed by atoms with van der Waals surface area (Å²) >= 11 is 0. The topological polar surface area (TPSA) is 91.2 Å². The normalized spacial score (nSPS) is 10.6.